The van der Waals surface area contributed by atoms with E-state index in [-0.39, 0.29) is 6.16 Å². The van der Waals surface area contributed by atoms with Gasteiger partial charge in [0.1, 0.15) is 12.3 Å². The average molecular weight is 225 g/mol. The average Bonchev–Trinajstić information content (AvgIpc) is 2.18. The smallest absolute Gasteiger partial charge is 0.315 e. The number of hydrogen-bond donors (Lipinski definition) is 0. The predicted molar refractivity (Wildman–Crippen MR) is 56.8 cm³/mol. The van der Waals surface area contributed by atoms with Crippen molar-refractivity contribution in [2.24, 2.45) is 5.16 Å². The largest absolute Gasteiger partial charge is 0.595 e. The molecule has 1 atom stereocenters. The maximum absolute atomic E-state index is 10.3. The Bertz CT molecular complexity index is 351. The van der Waals surface area contributed by atoms with Crippen LogP contribution in [-0.2, 0) is 16.0 Å². The third-order valence-corrected chi connectivity index (χ3v) is 2.37. The van der Waals surface area contributed by atoms with Gasteiger partial charge in [-0.3, -0.25) is 0 Å². The normalized spacial score (nSPS) is 12.4. The minimum absolute atomic E-state index is 0.0515. The van der Waals surface area contributed by atoms with Gasteiger partial charge in [-0.2, -0.15) is 0 Å². The molecule has 1 aromatic rings. The zero-order valence-corrected chi connectivity index (χ0v) is 9.31. The van der Waals surface area contributed by atoms with Gasteiger partial charge in [0.05, 0.1) is 0 Å². The second-order valence-corrected chi connectivity index (χ2v) is 4.06. The molecule has 0 spiro atoms. The Labute approximate surface area is 89.4 Å². The molecule has 0 saturated heterocycles. The summed E-state index contributed by atoms with van der Waals surface area (Å²) in [5.41, 5.74) is 1.46. The van der Waals surface area contributed by atoms with E-state index in [4.69, 9.17) is 4.84 Å². The summed E-state index contributed by atoms with van der Waals surface area (Å²) in [5, 5.41) is 3.69. The first-order valence-electron chi connectivity index (χ1n) is 4.49. The van der Waals surface area contributed by atoms with E-state index in [2.05, 4.69) is 5.16 Å². The molecular weight excluding hydrogens is 213 g/mol. The summed E-state index contributed by atoms with van der Waals surface area (Å²) in [4.78, 5) is 15.3. The fourth-order valence-electron chi connectivity index (χ4n) is 1.01. The Morgan fingerprint density at radius 2 is 2.13 bits per heavy atom. The molecule has 1 unspecified atom stereocenters. The SMILES string of the molecule is CC(C[P+](=O)[O-])=NOCc1ccccc1. The number of oxime groups is 1. The molecule has 1 rings (SSSR count). The van der Waals surface area contributed by atoms with E-state index in [1.807, 2.05) is 30.3 Å². The highest BCUT2D eigenvalue weighted by Gasteiger charge is 2.03. The summed E-state index contributed by atoms with van der Waals surface area (Å²) in [6.07, 6.45) is -0.0515. The van der Waals surface area contributed by atoms with Crippen molar-refractivity contribution in [3.8, 4) is 0 Å². The molecule has 0 amide bonds. The summed E-state index contributed by atoms with van der Waals surface area (Å²) in [6.45, 7) is 1.98. The summed E-state index contributed by atoms with van der Waals surface area (Å²) in [7, 11) is -2.42. The van der Waals surface area contributed by atoms with E-state index in [1.165, 1.54) is 0 Å². The lowest BCUT2D eigenvalue weighted by molar-refractivity contribution is -0.163. The maximum Gasteiger partial charge on any atom is 0.315 e. The Balaban J connectivity index is 2.35. The number of rotatable bonds is 5. The van der Waals surface area contributed by atoms with Crippen LogP contribution in [0.25, 0.3) is 0 Å². The highest BCUT2D eigenvalue weighted by Crippen LogP contribution is 2.07. The van der Waals surface area contributed by atoms with E-state index in [0.29, 0.717) is 12.3 Å². The summed E-state index contributed by atoms with van der Waals surface area (Å²) >= 11 is 0. The Morgan fingerprint density at radius 3 is 2.73 bits per heavy atom. The van der Waals surface area contributed by atoms with Crippen LogP contribution < -0.4 is 4.89 Å². The number of nitrogens with zero attached hydrogens (tertiary/aromatic N) is 1. The second kappa shape index (κ2) is 6.27. The quantitative estimate of drug-likeness (QED) is 0.435. The molecule has 0 aliphatic rings. The first-order valence-corrected chi connectivity index (χ1v) is 5.86. The summed E-state index contributed by atoms with van der Waals surface area (Å²) < 4.78 is 10.3. The van der Waals surface area contributed by atoms with Crippen LogP contribution in [0.2, 0.25) is 0 Å². The van der Waals surface area contributed by atoms with Crippen molar-refractivity contribution in [3.63, 3.8) is 0 Å². The van der Waals surface area contributed by atoms with Gasteiger partial charge in [-0.25, -0.2) is 0 Å². The zero-order chi connectivity index (χ0) is 11.1. The van der Waals surface area contributed by atoms with Gasteiger partial charge in [0.25, 0.3) is 0 Å². The second-order valence-electron chi connectivity index (χ2n) is 3.08. The summed E-state index contributed by atoms with van der Waals surface area (Å²) in [6, 6.07) is 9.56. The van der Waals surface area contributed by atoms with Crippen LogP contribution in [0, 0.1) is 0 Å². The van der Waals surface area contributed by atoms with E-state index < -0.39 is 8.03 Å². The molecule has 0 saturated carbocycles. The van der Waals surface area contributed by atoms with Gasteiger partial charge in [-0.15, -0.1) is 0 Å². The van der Waals surface area contributed by atoms with Gasteiger partial charge in [0.2, 0.25) is 0 Å². The van der Waals surface area contributed by atoms with Gasteiger partial charge in [0.15, 0.2) is 6.16 Å². The monoisotopic (exact) mass is 225 g/mol. The third-order valence-electron chi connectivity index (χ3n) is 1.65. The van der Waals surface area contributed by atoms with Crippen molar-refractivity contribution in [1.29, 1.82) is 0 Å². The van der Waals surface area contributed by atoms with Crippen molar-refractivity contribution >= 4 is 13.7 Å². The van der Waals surface area contributed by atoms with Crippen molar-refractivity contribution < 1.29 is 14.3 Å². The molecule has 0 heterocycles. The fraction of sp³-hybridized carbons (Fsp3) is 0.300. The molecule has 0 aromatic heterocycles. The lowest BCUT2D eigenvalue weighted by Gasteiger charge is -1.99. The predicted octanol–water partition coefficient (Wildman–Crippen LogP) is 1.68. The molecule has 5 heteroatoms. The molecule has 1 aromatic carbocycles. The van der Waals surface area contributed by atoms with E-state index in [9.17, 15) is 9.46 Å². The first kappa shape index (κ1) is 11.8. The zero-order valence-electron chi connectivity index (χ0n) is 8.42. The van der Waals surface area contributed by atoms with Crippen LogP contribution >= 0.6 is 8.03 Å². The van der Waals surface area contributed by atoms with Crippen LogP contribution in [0.3, 0.4) is 0 Å². The molecule has 0 aliphatic heterocycles. The van der Waals surface area contributed by atoms with Crippen LogP contribution in [0.1, 0.15) is 12.5 Å². The van der Waals surface area contributed by atoms with Gasteiger partial charge < -0.3 is 9.73 Å². The van der Waals surface area contributed by atoms with Crippen molar-refractivity contribution in [1.82, 2.24) is 0 Å². The Morgan fingerprint density at radius 1 is 1.47 bits per heavy atom. The topological polar surface area (TPSA) is 61.7 Å². The fourth-order valence-corrected chi connectivity index (χ4v) is 1.44. The molecular formula is C10H12NO3P. The highest BCUT2D eigenvalue weighted by atomic mass is 31.1. The van der Waals surface area contributed by atoms with Gasteiger partial charge in [-0.05, 0) is 12.5 Å². The molecule has 0 N–H and O–H groups in total. The van der Waals surface area contributed by atoms with Gasteiger partial charge in [0, 0.05) is 0 Å². The molecule has 0 aliphatic carbocycles. The molecule has 80 valence electrons. The maximum atomic E-state index is 10.3. The Kier molecular flexibility index (Phi) is 4.95. The molecule has 15 heavy (non-hydrogen) atoms. The van der Waals surface area contributed by atoms with Crippen LogP contribution in [0.5, 0.6) is 0 Å². The van der Waals surface area contributed by atoms with Crippen LogP contribution in [0.15, 0.2) is 35.5 Å². The van der Waals surface area contributed by atoms with E-state index in [1.54, 1.807) is 6.92 Å². The lowest BCUT2D eigenvalue weighted by Crippen LogP contribution is -2.02. The minimum atomic E-state index is -2.42. The molecule has 0 bridgehead atoms. The molecule has 0 fully saturated rings. The van der Waals surface area contributed by atoms with Gasteiger partial charge in [-0.1, -0.05) is 40.1 Å². The lowest BCUT2D eigenvalue weighted by atomic mass is 10.2. The molecule has 0 radical (unpaired) electrons. The van der Waals surface area contributed by atoms with Crippen molar-refractivity contribution in [2.45, 2.75) is 13.5 Å². The first-order chi connectivity index (χ1) is 7.18. The highest BCUT2D eigenvalue weighted by molar-refractivity contribution is 7.37. The minimum Gasteiger partial charge on any atom is -0.595 e. The van der Waals surface area contributed by atoms with Gasteiger partial charge >= 0.3 is 8.03 Å². The Hall–Kier alpha value is -1.25. The third kappa shape index (κ3) is 5.25. The number of benzene rings is 1. The van der Waals surface area contributed by atoms with Crippen LogP contribution in [-0.4, -0.2) is 11.9 Å². The van der Waals surface area contributed by atoms with Crippen LogP contribution in [0.4, 0.5) is 0 Å². The van der Waals surface area contributed by atoms with Crippen molar-refractivity contribution in [3.05, 3.63) is 35.9 Å². The number of hydrogen-bond acceptors (Lipinski definition) is 4. The molecule has 4 nitrogen and oxygen atoms in total. The van der Waals surface area contributed by atoms with E-state index >= 15 is 0 Å². The van der Waals surface area contributed by atoms with E-state index in [0.717, 1.165) is 5.56 Å². The standard InChI is InChI=1S/C10H12NO3P/c1-9(8-15(12)13)11-14-7-10-5-3-2-4-6-10/h2-6H,7-8H2,1H3. The summed E-state index contributed by atoms with van der Waals surface area (Å²) in [5.74, 6) is 0. The van der Waals surface area contributed by atoms with Crippen molar-refractivity contribution in [2.75, 3.05) is 6.16 Å².